The lowest BCUT2D eigenvalue weighted by Gasteiger charge is -2.37. The Labute approximate surface area is 224 Å². The minimum atomic E-state index is -4.80. The summed E-state index contributed by atoms with van der Waals surface area (Å²) >= 11 is 0. The van der Waals surface area contributed by atoms with Crippen LogP contribution in [0.4, 0.5) is 24.5 Å². The normalized spacial score (nSPS) is 15.8. The molecule has 0 saturated heterocycles. The average molecular weight is 543 g/mol. The van der Waals surface area contributed by atoms with E-state index in [2.05, 4.69) is 36.5 Å². The Bertz CT molecular complexity index is 1460. The van der Waals surface area contributed by atoms with Gasteiger partial charge in [0.15, 0.2) is 0 Å². The second-order valence-electron chi connectivity index (χ2n) is 9.05. The van der Waals surface area contributed by atoms with E-state index in [1.54, 1.807) is 29.2 Å². The van der Waals surface area contributed by atoms with Crippen molar-refractivity contribution in [3.8, 4) is 5.75 Å². The summed E-state index contributed by atoms with van der Waals surface area (Å²) in [6.07, 6.45) is -5.16. The van der Waals surface area contributed by atoms with E-state index >= 15 is 0 Å². The van der Waals surface area contributed by atoms with Crippen molar-refractivity contribution in [2.24, 2.45) is 0 Å². The Hall–Kier alpha value is -3.75. The molecule has 198 valence electrons. The third-order valence-electron chi connectivity index (χ3n) is 6.63. The van der Waals surface area contributed by atoms with E-state index in [0.717, 1.165) is 28.5 Å². The number of hydrogen-bond acceptors (Lipinski definition) is 4. The Kier molecular flexibility index (Phi) is 7.85. The molecule has 5 rings (SSSR count). The number of benzene rings is 4. The molecule has 1 unspecified atom stereocenters. The summed E-state index contributed by atoms with van der Waals surface area (Å²) < 4.78 is 47.3. The van der Waals surface area contributed by atoms with Crippen LogP contribution in [0.1, 0.15) is 34.5 Å². The molecule has 0 fully saturated rings. The van der Waals surface area contributed by atoms with Gasteiger partial charge in [0.05, 0.1) is 23.4 Å². The molecule has 0 saturated carbocycles. The number of carbonyl (C=O) groups is 1. The van der Waals surface area contributed by atoms with Crippen molar-refractivity contribution in [3.63, 3.8) is 0 Å². The number of rotatable bonds is 6. The van der Waals surface area contributed by atoms with Gasteiger partial charge in [-0.3, -0.25) is 0 Å². The summed E-state index contributed by atoms with van der Waals surface area (Å²) in [5, 5.41) is 15.1. The van der Waals surface area contributed by atoms with Crippen molar-refractivity contribution in [1.82, 2.24) is 5.32 Å². The molecule has 0 spiro atoms. The third-order valence-corrected chi connectivity index (χ3v) is 6.63. The fraction of sp³-hybridized carbons (Fsp3) is 0.207. The highest BCUT2D eigenvalue weighted by molar-refractivity contribution is 5.91. The minimum Gasteiger partial charge on any atom is -0.485 e. The van der Waals surface area contributed by atoms with Crippen molar-refractivity contribution in [1.29, 1.82) is 0 Å². The number of carboxylic acid groups (broad SMARTS) is 1. The average Bonchev–Trinajstić information content (AvgIpc) is 2.90. The van der Waals surface area contributed by atoms with Gasteiger partial charge in [-0.15, -0.1) is 12.4 Å². The summed E-state index contributed by atoms with van der Waals surface area (Å²) in [5.74, 6) is -1.07. The maximum atomic E-state index is 13.7. The van der Waals surface area contributed by atoms with Crippen molar-refractivity contribution in [2.45, 2.75) is 25.2 Å². The molecule has 5 nitrogen and oxygen atoms in total. The van der Waals surface area contributed by atoms with Crippen molar-refractivity contribution in [2.75, 3.05) is 18.0 Å². The van der Waals surface area contributed by atoms with Crippen LogP contribution >= 0.6 is 12.4 Å². The SMILES string of the molecule is C[C@@H](NCC1CN(c2ccc(C(=O)O)c(C(F)(F)F)c2)c2ccccc2O1)c1cccc2ccccc12.Cl. The third kappa shape index (κ3) is 5.42. The smallest absolute Gasteiger partial charge is 0.417 e. The van der Waals surface area contributed by atoms with Gasteiger partial charge in [0.25, 0.3) is 0 Å². The minimum absolute atomic E-state index is 0. The summed E-state index contributed by atoms with van der Waals surface area (Å²) in [4.78, 5) is 13.2. The molecule has 1 heterocycles. The summed E-state index contributed by atoms with van der Waals surface area (Å²) in [6, 6.07) is 24.8. The monoisotopic (exact) mass is 542 g/mol. The summed E-state index contributed by atoms with van der Waals surface area (Å²) in [6.45, 7) is 2.81. The van der Waals surface area contributed by atoms with Crippen LogP contribution in [0.3, 0.4) is 0 Å². The van der Waals surface area contributed by atoms with E-state index < -0.39 is 23.3 Å². The first kappa shape index (κ1) is 27.3. The first-order chi connectivity index (χ1) is 17.7. The van der Waals surface area contributed by atoms with Gasteiger partial charge in [-0.05, 0) is 53.6 Å². The number of anilines is 2. The van der Waals surface area contributed by atoms with Crippen LogP contribution < -0.4 is 15.0 Å². The number of halogens is 4. The number of hydrogen-bond donors (Lipinski definition) is 2. The van der Waals surface area contributed by atoms with Crippen LogP contribution in [0.2, 0.25) is 0 Å². The Balaban J connectivity index is 0.00000336. The largest absolute Gasteiger partial charge is 0.485 e. The molecule has 2 atom stereocenters. The van der Waals surface area contributed by atoms with Crippen LogP contribution in [-0.2, 0) is 6.18 Å². The number of alkyl halides is 3. The fourth-order valence-corrected chi connectivity index (χ4v) is 4.82. The van der Waals surface area contributed by atoms with Crippen LogP contribution in [-0.4, -0.2) is 30.3 Å². The number of nitrogens with one attached hydrogen (secondary N) is 1. The summed E-state index contributed by atoms with van der Waals surface area (Å²) in [5.41, 5.74) is 0.0584. The highest BCUT2D eigenvalue weighted by Gasteiger charge is 2.37. The molecule has 0 radical (unpaired) electrons. The quantitative estimate of drug-likeness (QED) is 0.269. The zero-order valence-corrected chi connectivity index (χ0v) is 21.2. The molecular formula is C29H26ClF3N2O3. The molecule has 9 heteroatoms. The standard InChI is InChI=1S/C29H25F3N2O3.ClH/c1-18(22-10-6-8-19-7-2-3-9-23(19)22)33-16-21-17-34(26-11-4-5-12-27(26)37-21)20-13-14-24(28(35)36)25(15-20)29(30,31)32;/h2-15,18,21,33H,16-17H2,1H3,(H,35,36);1H/t18-,21?;/m1./s1. The zero-order chi connectivity index (χ0) is 26.2. The first-order valence-electron chi connectivity index (χ1n) is 11.9. The predicted molar refractivity (Wildman–Crippen MR) is 144 cm³/mol. The van der Waals surface area contributed by atoms with Gasteiger partial charge in [0.2, 0.25) is 0 Å². The molecule has 4 aromatic carbocycles. The second kappa shape index (κ2) is 10.9. The molecular weight excluding hydrogens is 517 g/mol. The molecule has 4 aromatic rings. The number of nitrogens with zero attached hydrogens (tertiary/aromatic N) is 1. The summed E-state index contributed by atoms with van der Waals surface area (Å²) in [7, 11) is 0. The van der Waals surface area contributed by atoms with Crippen molar-refractivity contribution < 1.29 is 27.8 Å². The number of para-hydroxylation sites is 2. The Morgan fingerprint density at radius 3 is 2.53 bits per heavy atom. The van der Waals surface area contributed by atoms with E-state index in [0.29, 0.717) is 18.0 Å². The van der Waals surface area contributed by atoms with Crippen LogP contribution in [0.15, 0.2) is 84.9 Å². The lowest BCUT2D eigenvalue weighted by atomic mass is 9.99. The van der Waals surface area contributed by atoms with Gasteiger partial charge in [-0.1, -0.05) is 54.6 Å². The van der Waals surface area contributed by atoms with E-state index in [1.807, 2.05) is 18.2 Å². The molecule has 0 amide bonds. The molecule has 1 aliphatic rings. The topological polar surface area (TPSA) is 61.8 Å². The molecule has 0 aromatic heterocycles. The van der Waals surface area contributed by atoms with Gasteiger partial charge < -0.3 is 20.1 Å². The van der Waals surface area contributed by atoms with E-state index in [9.17, 15) is 23.1 Å². The lowest BCUT2D eigenvalue weighted by molar-refractivity contribution is -0.138. The van der Waals surface area contributed by atoms with Gasteiger partial charge in [0.1, 0.15) is 11.9 Å². The molecule has 2 N–H and O–H groups in total. The number of ether oxygens (including phenoxy) is 1. The number of fused-ring (bicyclic) bond motifs is 2. The lowest BCUT2D eigenvalue weighted by Crippen LogP contribution is -2.44. The second-order valence-corrected chi connectivity index (χ2v) is 9.05. The predicted octanol–water partition coefficient (Wildman–Crippen LogP) is 7.23. The first-order valence-corrected chi connectivity index (χ1v) is 11.9. The Morgan fingerprint density at radius 2 is 1.76 bits per heavy atom. The molecule has 0 aliphatic carbocycles. The van der Waals surface area contributed by atoms with Crippen LogP contribution in [0, 0.1) is 0 Å². The molecule has 0 bridgehead atoms. The fourth-order valence-electron chi connectivity index (χ4n) is 4.82. The Morgan fingerprint density at radius 1 is 1.05 bits per heavy atom. The van der Waals surface area contributed by atoms with Crippen LogP contribution in [0.5, 0.6) is 5.75 Å². The van der Waals surface area contributed by atoms with Gasteiger partial charge >= 0.3 is 12.1 Å². The highest BCUT2D eigenvalue weighted by Crippen LogP contribution is 2.41. The number of aromatic carboxylic acids is 1. The van der Waals surface area contributed by atoms with E-state index in [-0.39, 0.29) is 36.8 Å². The van der Waals surface area contributed by atoms with E-state index in [1.165, 1.54) is 6.07 Å². The highest BCUT2D eigenvalue weighted by atomic mass is 35.5. The zero-order valence-electron chi connectivity index (χ0n) is 20.4. The van der Waals surface area contributed by atoms with Crippen LogP contribution in [0.25, 0.3) is 10.8 Å². The maximum Gasteiger partial charge on any atom is 0.417 e. The number of carboxylic acids is 1. The van der Waals surface area contributed by atoms with Gasteiger partial charge in [0, 0.05) is 18.3 Å². The molecule has 38 heavy (non-hydrogen) atoms. The van der Waals surface area contributed by atoms with E-state index in [4.69, 9.17) is 4.74 Å². The van der Waals surface area contributed by atoms with Crippen molar-refractivity contribution in [3.05, 3.63) is 102 Å². The van der Waals surface area contributed by atoms with Crippen molar-refractivity contribution >= 4 is 40.5 Å². The maximum absolute atomic E-state index is 13.7. The molecule has 1 aliphatic heterocycles. The van der Waals surface area contributed by atoms with Gasteiger partial charge in [-0.2, -0.15) is 13.2 Å². The van der Waals surface area contributed by atoms with Gasteiger partial charge in [-0.25, -0.2) is 4.79 Å².